The molecular formula is C17H20N2O2. The fourth-order valence-electron chi connectivity index (χ4n) is 2.14. The SMILES string of the molecule is COc1ccc(N)c(C(=O)NCCc2cccc(C)c2)c1. The zero-order valence-electron chi connectivity index (χ0n) is 12.3. The molecule has 3 N–H and O–H groups in total. The van der Waals surface area contributed by atoms with E-state index in [1.165, 1.54) is 11.1 Å². The lowest BCUT2D eigenvalue weighted by Gasteiger charge is -2.09. The molecule has 0 bridgehead atoms. The van der Waals surface area contributed by atoms with Crippen molar-refractivity contribution in [2.75, 3.05) is 19.4 Å². The van der Waals surface area contributed by atoms with Gasteiger partial charge in [-0.3, -0.25) is 4.79 Å². The number of nitrogens with two attached hydrogens (primary N) is 1. The van der Waals surface area contributed by atoms with Gasteiger partial charge in [-0.25, -0.2) is 0 Å². The third-order valence-corrected chi connectivity index (χ3v) is 3.29. The van der Waals surface area contributed by atoms with Crippen LogP contribution in [0.4, 0.5) is 5.69 Å². The molecule has 2 rings (SSSR count). The number of aryl methyl sites for hydroxylation is 1. The van der Waals surface area contributed by atoms with Gasteiger partial charge < -0.3 is 15.8 Å². The summed E-state index contributed by atoms with van der Waals surface area (Å²) >= 11 is 0. The topological polar surface area (TPSA) is 64.3 Å². The highest BCUT2D eigenvalue weighted by atomic mass is 16.5. The first-order valence-corrected chi connectivity index (χ1v) is 6.87. The van der Waals surface area contributed by atoms with Crippen molar-refractivity contribution in [3.05, 3.63) is 59.2 Å². The summed E-state index contributed by atoms with van der Waals surface area (Å²) in [5.41, 5.74) is 9.14. The molecule has 1 amide bonds. The van der Waals surface area contributed by atoms with Gasteiger partial charge in [0.05, 0.1) is 12.7 Å². The summed E-state index contributed by atoms with van der Waals surface area (Å²) in [5, 5.41) is 2.88. The van der Waals surface area contributed by atoms with Gasteiger partial charge in [-0.2, -0.15) is 0 Å². The Bertz CT molecular complexity index is 638. The first-order chi connectivity index (χ1) is 10.1. The maximum atomic E-state index is 12.1. The molecule has 0 unspecified atom stereocenters. The van der Waals surface area contributed by atoms with E-state index in [-0.39, 0.29) is 5.91 Å². The monoisotopic (exact) mass is 284 g/mol. The van der Waals surface area contributed by atoms with E-state index >= 15 is 0 Å². The molecule has 0 aromatic heterocycles. The van der Waals surface area contributed by atoms with Crippen molar-refractivity contribution in [3.8, 4) is 5.75 Å². The van der Waals surface area contributed by atoms with Crippen LogP contribution in [0.2, 0.25) is 0 Å². The number of benzene rings is 2. The second kappa shape index (κ2) is 6.79. The smallest absolute Gasteiger partial charge is 0.253 e. The fourth-order valence-corrected chi connectivity index (χ4v) is 2.14. The summed E-state index contributed by atoms with van der Waals surface area (Å²) in [6.45, 7) is 2.62. The van der Waals surface area contributed by atoms with Crippen LogP contribution in [0.3, 0.4) is 0 Å². The van der Waals surface area contributed by atoms with Crippen LogP contribution in [-0.4, -0.2) is 19.6 Å². The number of ether oxygens (including phenoxy) is 1. The van der Waals surface area contributed by atoms with Crippen LogP contribution in [0.1, 0.15) is 21.5 Å². The van der Waals surface area contributed by atoms with Gasteiger partial charge in [0.15, 0.2) is 0 Å². The van der Waals surface area contributed by atoms with E-state index in [4.69, 9.17) is 10.5 Å². The van der Waals surface area contributed by atoms with Crippen molar-refractivity contribution >= 4 is 11.6 Å². The van der Waals surface area contributed by atoms with Gasteiger partial charge in [0.25, 0.3) is 5.91 Å². The predicted octanol–water partition coefficient (Wildman–Crippen LogP) is 2.56. The standard InChI is InChI=1S/C17H20N2O2/c1-12-4-3-5-13(10-12)8-9-19-17(20)15-11-14(21-2)6-7-16(15)18/h3-7,10-11H,8-9,18H2,1-2H3,(H,19,20). The maximum absolute atomic E-state index is 12.1. The quantitative estimate of drug-likeness (QED) is 0.829. The molecule has 4 nitrogen and oxygen atoms in total. The third kappa shape index (κ3) is 3.99. The molecule has 4 heteroatoms. The Hall–Kier alpha value is -2.49. The van der Waals surface area contributed by atoms with Crippen LogP contribution in [0, 0.1) is 6.92 Å². The molecule has 0 spiro atoms. The van der Waals surface area contributed by atoms with Gasteiger partial charge in [-0.15, -0.1) is 0 Å². The highest BCUT2D eigenvalue weighted by Gasteiger charge is 2.10. The van der Waals surface area contributed by atoms with Gasteiger partial charge in [0.2, 0.25) is 0 Å². The highest BCUT2D eigenvalue weighted by Crippen LogP contribution is 2.19. The van der Waals surface area contributed by atoms with Crippen molar-refractivity contribution in [1.29, 1.82) is 0 Å². The summed E-state index contributed by atoms with van der Waals surface area (Å²) in [5.74, 6) is 0.437. The fraction of sp³-hybridized carbons (Fsp3) is 0.235. The average Bonchev–Trinajstić information content (AvgIpc) is 2.47. The molecule has 0 radical (unpaired) electrons. The normalized spacial score (nSPS) is 10.2. The van der Waals surface area contributed by atoms with Gasteiger partial charge >= 0.3 is 0 Å². The van der Waals surface area contributed by atoms with Crippen molar-refractivity contribution in [2.45, 2.75) is 13.3 Å². The number of hydrogen-bond acceptors (Lipinski definition) is 3. The number of hydrogen-bond donors (Lipinski definition) is 2. The number of methoxy groups -OCH3 is 1. The Balaban J connectivity index is 1.96. The zero-order valence-corrected chi connectivity index (χ0v) is 12.3. The lowest BCUT2D eigenvalue weighted by Crippen LogP contribution is -2.26. The molecule has 0 aliphatic carbocycles. The summed E-state index contributed by atoms with van der Waals surface area (Å²) in [6, 6.07) is 13.3. The summed E-state index contributed by atoms with van der Waals surface area (Å²) < 4.78 is 5.11. The van der Waals surface area contributed by atoms with Crippen LogP contribution in [-0.2, 0) is 6.42 Å². The molecule has 0 saturated carbocycles. The molecule has 0 fully saturated rings. The third-order valence-electron chi connectivity index (χ3n) is 3.29. The number of rotatable bonds is 5. The Morgan fingerprint density at radius 2 is 2.05 bits per heavy atom. The Morgan fingerprint density at radius 3 is 2.76 bits per heavy atom. The largest absolute Gasteiger partial charge is 0.497 e. The first kappa shape index (κ1) is 14.9. The lowest BCUT2D eigenvalue weighted by molar-refractivity contribution is 0.0954. The number of nitrogens with one attached hydrogen (secondary N) is 1. The van der Waals surface area contributed by atoms with Crippen molar-refractivity contribution in [3.63, 3.8) is 0 Å². The molecule has 0 atom stereocenters. The molecular weight excluding hydrogens is 264 g/mol. The van der Waals surface area contributed by atoms with E-state index in [0.717, 1.165) is 6.42 Å². The van der Waals surface area contributed by atoms with E-state index in [1.807, 2.05) is 6.07 Å². The Kier molecular flexibility index (Phi) is 4.82. The van der Waals surface area contributed by atoms with Crippen LogP contribution in [0.5, 0.6) is 5.75 Å². The van der Waals surface area contributed by atoms with E-state index in [1.54, 1.807) is 25.3 Å². The van der Waals surface area contributed by atoms with Crippen molar-refractivity contribution in [2.24, 2.45) is 0 Å². The lowest BCUT2D eigenvalue weighted by atomic mass is 10.1. The van der Waals surface area contributed by atoms with Crippen molar-refractivity contribution in [1.82, 2.24) is 5.32 Å². The molecule has 0 heterocycles. The summed E-state index contributed by atoms with van der Waals surface area (Å²) in [4.78, 5) is 12.1. The summed E-state index contributed by atoms with van der Waals surface area (Å²) in [6.07, 6.45) is 0.789. The van der Waals surface area contributed by atoms with E-state index in [0.29, 0.717) is 23.5 Å². The first-order valence-electron chi connectivity index (χ1n) is 6.87. The van der Waals surface area contributed by atoms with Crippen LogP contribution in [0.15, 0.2) is 42.5 Å². The van der Waals surface area contributed by atoms with Gasteiger partial charge in [0.1, 0.15) is 5.75 Å². The molecule has 21 heavy (non-hydrogen) atoms. The maximum Gasteiger partial charge on any atom is 0.253 e. The van der Waals surface area contributed by atoms with E-state index < -0.39 is 0 Å². The van der Waals surface area contributed by atoms with Crippen LogP contribution >= 0.6 is 0 Å². The average molecular weight is 284 g/mol. The number of nitrogen functional groups attached to an aromatic ring is 1. The Labute approximate surface area is 124 Å². The molecule has 110 valence electrons. The molecule has 2 aromatic carbocycles. The second-order valence-electron chi connectivity index (χ2n) is 4.95. The second-order valence-corrected chi connectivity index (χ2v) is 4.95. The number of carbonyl (C=O) groups excluding carboxylic acids is 1. The minimum atomic E-state index is -0.181. The molecule has 0 saturated heterocycles. The molecule has 2 aromatic rings. The van der Waals surface area contributed by atoms with Gasteiger partial charge in [0, 0.05) is 12.2 Å². The predicted molar refractivity (Wildman–Crippen MR) is 84.6 cm³/mol. The van der Waals surface area contributed by atoms with E-state index in [2.05, 4.69) is 30.4 Å². The molecule has 0 aliphatic rings. The van der Waals surface area contributed by atoms with Crippen LogP contribution in [0.25, 0.3) is 0 Å². The van der Waals surface area contributed by atoms with Gasteiger partial charge in [-0.05, 0) is 37.1 Å². The Morgan fingerprint density at radius 1 is 1.24 bits per heavy atom. The van der Waals surface area contributed by atoms with Crippen LogP contribution < -0.4 is 15.8 Å². The zero-order chi connectivity index (χ0) is 15.2. The minimum absolute atomic E-state index is 0.181. The number of carbonyl (C=O) groups is 1. The number of anilines is 1. The number of amides is 1. The van der Waals surface area contributed by atoms with Gasteiger partial charge in [-0.1, -0.05) is 29.8 Å². The molecule has 0 aliphatic heterocycles. The highest BCUT2D eigenvalue weighted by molar-refractivity contribution is 5.99. The minimum Gasteiger partial charge on any atom is -0.497 e. The van der Waals surface area contributed by atoms with E-state index in [9.17, 15) is 4.79 Å². The summed E-state index contributed by atoms with van der Waals surface area (Å²) in [7, 11) is 1.56. The van der Waals surface area contributed by atoms with Crippen molar-refractivity contribution < 1.29 is 9.53 Å².